The first kappa shape index (κ1) is 19.5. The molecule has 0 unspecified atom stereocenters. The van der Waals surface area contributed by atoms with Crippen LogP contribution in [0.5, 0.6) is 0 Å². The van der Waals surface area contributed by atoms with Gasteiger partial charge in [-0.15, -0.1) is 0 Å². The summed E-state index contributed by atoms with van der Waals surface area (Å²) >= 11 is 5.88. The molecular formula is C22H21ClFN3O2. The monoisotopic (exact) mass is 413 g/mol. The van der Waals surface area contributed by atoms with Gasteiger partial charge in [-0.25, -0.2) is 9.18 Å². The summed E-state index contributed by atoms with van der Waals surface area (Å²) in [6, 6.07) is 9.68. The SMILES string of the molecule is Cc1cc(N2CCCC2)c(F)cc1/C=C1\NC(=O)N(Cc2ccc(Cl)cc2)C1=O. The normalized spacial score (nSPS) is 18.1. The second-order valence-electron chi connectivity index (χ2n) is 7.36. The lowest BCUT2D eigenvalue weighted by molar-refractivity contribution is -0.123. The smallest absolute Gasteiger partial charge is 0.329 e. The highest BCUT2D eigenvalue weighted by atomic mass is 35.5. The molecule has 2 heterocycles. The van der Waals surface area contributed by atoms with Crippen molar-refractivity contribution in [3.63, 3.8) is 0 Å². The van der Waals surface area contributed by atoms with Gasteiger partial charge in [-0.2, -0.15) is 0 Å². The van der Waals surface area contributed by atoms with Crippen LogP contribution < -0.4 is 10.2 Å². The van der Waals surface area contributed by atoms with Gasteiger partial charge in [0.1, 0.15) is 11.5 Å². The molecule has 0 saturated carbocycles. The van der Waals surface area contributed by atoms with Crippen molar-refractivity contribution in [2.75, 3.05) is 18.0 Å². The van der Waals surface area contributed by atoms with Gasteiger partial charge in [0, 0.05) is 18.1 Å². The van der Waals surface area contributed by atoms with Crippen LogP contribution in [-0.4, -0.2) is 29.9 Å². The zero-order valence-corrected chi connectivity index (χ0v) is 16.8. The molecule has 0 atom stereocenters. The number of urea groups is 1. The number of nitrogens with zero attached hydrogens (tertiary/aromatic N) is 2. The Bertz CT molecular complexity index is 998. The quantitative estimate of drug-likeness (QED) is 0.594. The Morgan fingerprint density at radius 3 is 2.52 bits per heavy atom. The van der Waals surface area contributed by atoms with E-state index in [9.17, 15) is 14.0 Å². The van der Waals surface area contributed by atoms with E-state index in [2.05, 4.69) is 5.32 Å². The number of anilines is 1. The molecule has 0 radical (unpaired) electrons. The van der Waals surface area contributed by atoms with Gasteiger partial charge in [-0.3, -0.25) is 9.69 Å². The standard InChI is InChI=1S/C22H21ClFN3O2/c1-14-10-20(26-8-2-3-9-26)18(24)11-16(14)12-19-21(28)27(22(29)25-19)13-15-4-6-17(23)7-5-15/h4-7,10-12H,2-3,8-9,13H2,1H3,(H,25,29)/b19-12-. The number of carbonyl (C=O) groups excluding carboxylic acids is 2. The molecule has 4 rings (SSSR count). The van der Waals surface area contributed by atoms with Gasteiger partial charge in [-0.05, 0) is 66.8 Å². The van der Waals surface area contributed by atoms with Crippen LogP contribution >= 0.6 is 11.6 Å². The number of aryl methyl sites for hydroxylation is 1. The summed E-state index contributed by atoms with van der Waals surface area (Å²) in [6.45, 7) is 3.72. The third-order valence-electron chi connectivity index (χ3n) is 5.30. The number of hydrogen-bond acceptors (Lipinski definition) is 3. The molecular weight excluding hydrogens is 393 g/mol. The van der Waals surface area contributed by atoms with Crippen molar-refractivity contribution in [2.45, 2.75) is 26.3 Å². The van der Waals surface area contributed by atoms with Crippen LogP contribution in [0.2, 0.25) is 5.02 Å². The molecule has 0 aliphatic carbocycles. The zero-order valence-electron chi connectivity index (χ0n) is 16.0. The van der Waals surface area contributed by atoms with Crippen molar-refractivity contribution in [1.82, 2.24) is 10.2 Å². The summed E-state index contributed by atoms with van der Waals surface area (Å²) in [6.07, 6.45) is 3.66. The highest BCUT2D eigenvalue weighted by molar-refractivity contribution is 6.30. The molecule has 0 bridgehead atoms. The van der Waals surface area contributed by atoms with Crippen LogP contribution in [0.15, 0.2) is 42.1 Å². The fourth-order valence-electron chi connectivity index (χ4n) is 3.68. The van der Waals surface area contributed by atoms with E-state index in [-0.39, 0.29) is 18.1 Å². The van der Waals surface area contributed by atoms with E-state index >= 15 is 0 Å². The number of amides is 3. The summed E-state index contributed by atoms with van der Waals surface area (Å²) in [4.78, 5) is 28.2. The van der Waals surface area contributed by atoms with E-state index in [1.54, 1.807) is 30.3 Å². The van der Waals surface area contributed by atoms with Crippen molar-refractivity contribution in [3.05, 3.63) is 69.6 Å². The van der Waals surface area contributed by atoms with Crippen molar-refractivity contribution >= 4 is 35.3 Å². The second-order valence-corrected chi connectivity index (χ2v) is 7.80. The molecule has 1 N–H and O–H groups in total. The van der Waals surface area contributed by atoms with E-state index in [0.717, 1.165) is 42.0 Å². The number of hydrogen-bond donors (Lipinski definition) is 1. The highest BCUT2D eigenvalue weighted by Crippen LogP contribution is 2.28. The Balaban J connectivity index is 1.56. The van der Waals surface area contributed by atoms with Gasteiger partial charge in [0.05, 0.1) is 12.2 Å². The van der Waals surface area contributed by atoms with Crippen molar-refractivity contribution in [1.29, 1.82) is 0 Å². The maximum Gasteiger partial charge on any atom is 0.329 e. The van der Waals surface area contributed by atoms with Crippen molar-refractivity contribution in [2.24, 2.45) is 0 Å². The minimum atomic E-state index is -0.497. The minimum absolute atomic E-state index is 0.139. The largest absolute Gasteiger partial charge is 0.369 e. The maximum absolute atomic E-state index is 14.7. The zero-order chi connectivity index (χ0) is 20.5. The number of nitrogens with one attached hydrogen (secondary N) is 1. The number of benzene rings is 2. The van der Waals surface area contributed by atoms with Crippen LogP contribution in [0.25, 0.3) is 6.08 Å². The molecule has 2 aromatic carbocycles. The Morgan fingerprint density at radius 2 is 1.83 bits per heavy atom. The predicted molar refractivity (Wildman–Crippen MR) is 111 cm³/mol. The molecule has 2 aromatic rings. The van der Waals surface area contributed by atoms with Gasteiger partial charge < -0.3 is 10.2 Å². The van der Waals surface area contributed by atoms with E-state index in [1.165, 1.54) is 12.1 Å². The lowest BCUT2D eigenvalue weighted by atomic mass is 10.1. The van der Waals surface area contributed by atoms with Gasteiger partial charge in [0.15, 0.2) is 0 Å². The predicted octanol–water partition coefficient (Wildman–Crippen LogP) is 4.48. The average Bonchev–Trinajstić information content (AvgIpc) is 3.31. The van der Waals surface area contributed by atoms with Crippen LogP contribution in [0, 0.1) is 12.7 Å². The number of rotatable bonds is 4. The second kappa shape index (κ2) is 7.87. The van der Waals surface area contributed by atoms with Crippen LogP contribution in [-0.2, 0) is 11.3 Å². The first-order valence-electron chi connectivity index (χ1n) is 9.56. The molecule has 2 aliphatic heterocycles. The van der Waals surface area contributed by atoms with Crippen LogP contribution in [0.1, 0.15) is 29.5 Å². The van der Waals surface area contributed by atoms with Gasteiger partial charge in [-0.1, -0.05) is 23.7 Å². The fraction of sp³-hybridized carbons (Fsp3) is 0.273. The Kier molecular flexibility index (Phi) is 5.28. The van der Waals surface area contributed by atoms with Gasteiger partial charge >= 0.3 is 6.03 Å². The van der Waals surface area contributed by atoms with Crippen LogP contribution in [0.3, 0.4) is 0 Å². The van der Waals surface area contributed by atoms with Crippen LogP contribution in [0.4, 0.5) is 14.9 Å². The Hall–Kier alpha value is -2.86. The maximum atomic E-state index is 14.7. The number of imide groups is 1. The third kappa shape index (κ3) is 3.98. The van der Waals surface area contributed by atoms with E-state index in [4.69, 9.17) is 11.6 Å². The summed E-state index contributed by atoms with van der Waals surface area (Å²) < 4.78 is 14.7. The molecule has 150 valence electrons. The molecule has 3 amide bonds. The van der Waals surface area contributed by atoms with Crippen molar-refractivity contribution in [3.8, 4) is 0 Å². The Labute approximate surface area is 173 Å². The minimum Gasteiger partial charge on any atom is -0.369 e. The molecule has 7 heteroatoms. The topological polar surface area (TPSA) is 52.7 Å². The lowest BCUT2D eigenvalue weighted by Crippen LogP contribution is -2.30. The highest BCUT2D eigenvalue weighted by Gasteiger charge is 2.33. The molecule has 5 nitrogen and oxygen atoms in total. The molecule has 2 fully saturated rings. The fourth-order valence-corrected chi connectivity index (χ4v) is 3.81. The van der Waals surface area contributed by atoms with Gasteiger partial charge in [0.25, 0.3) is 5.91 Å². The van der Waals surface area contributed by atoms with E-state index in [0.29, 0.717) is 16.3 Å². The third-order valence-corrected chi connectivity index (χ3v) is 5.55. The lowest BCUT2D eigenvalue weighted by Gasteiger charge is -2.19. The molecule has 2 aliphatic rings. The average molecular weight is 414 g/mol. The Morgan fingerprint density at radius 1 is 1.14 bits per heavy atom. The van der Waals surface area contributed by atoms with E-state index in [1.807, 2.05) is 11.8 Å². The summed E-state index contributed by atoms with van der Waals surface area (Å²) in [5.74, 6) is -0.757. The molecule has 2 saturated heterocycles. The molecule has 0 aromatic heterocycles. The van der Waals surface area contributed by atoms with Gasteiger partial charge in [0.2, 0.25) is 0 Å². The first-order chi connectivity index (χ1) is 13.9. The summed E-state index contributed by atoms with van der Waals surface area (Å²) in [5, 5.41) is 3.17. The first-order valence-corrected chi connectivity index (χ1v) is 9.94. The number of carbonyl (C=O) groups is 2. The molecule has 0 spiro atoms. The summed E-state index contributed by atoms with van der Waals surface area (Å²) in [5.41, 5.74) is 2.94. The van der Waals surface area contributed by atoms with E-state index < -0.39 is 11.9 Å². The number of halogens is 2. The van der Waals surface area contributed by atoms with Crippen molar-refractivity contribution < 1.29 is 14.0 Å². The summed E-state index contributed by atoms with van der Waals surface area (Å²) in [7, 11) is 0. The molecule has 29 heavy (non-hydrogen) atoms.